The minimum absolute atomic E-state index is 0.129. The van der Waals surface area contributed by atoms with Gasteiger partial charge in [-0.3, -0.25) is 9.78 Å². The molecule has 6 nitrogen and oxygen atoms in total. The molecule has 1 rings (SSSR count). The molecule has 0 saturated heterocycles. The largest absolute Gasteiger partial charge is 0.488 e. The van der Waals surface area contributed by atoms with Gasteiger partial charge in [-0.25, -0.2) is 8.42 Å². The molecule has 100 valence electrons. The molecule has 0 spiro atoms. The fourth-order valence-electron chi connectivity index (χ4n) is 1.30. The van der Waals surface area contributed by atoms with E-state index in [4.69, 9.17) is 4.74 Å². The average molecular weight is 273 g/mol. The van der Waals surface area contributed by atoms with Crippen molar-refractivity contribution in [2.24, 2.45) is 0 Å². The van der Waals surface area contributed by atoms with Crippen LogP contribution in [0.5, 0.6) is 5.75 Å². The van der Waals surface area contributed by atoms with Crippen LogP contribution < -0.4 is 4.74 Å². The summed E-state index contributed by atoms with van der Waals surface area (Å²) in [6.07, 6.45) is 2.13. The standard InChI is InChI=1S/C11H15NO5S/c1-8(17-7-13)6-16-10-4-11(18(3,14)15)9(2)12-5-10/h4-5,7-8H,6H2,1-3H3. The SMILES string of the molecule is Cc1ncc(OCC(C)OC=O)cc1S(C)(=O)=O. The lowest BCUT2D eigenvalue weighted by Crippen LogP contribution is -2.17. The maximum absolute atomic E-state index is 11.5. The van der Waals surface area contributed by atoms with Crippen LogP contribution in [0, 0.1) is 6.92 Å². The first-order valence-electron chi connectivity index (χ1n) is 5.23. The van der Waals surface area contributed by atoms with Gasteiger partial charge in [-0.1, -0.05) is 0 Å². The zero-order chi connectivity index (χ0) is 13.8. The lowest BCUT2D eigenvalue weighted by atomic mass is 10.3. The van der Waals surface area contributed by atoms with Crippen LogP contribution in [0.2, 0.25) is 0 Å². The topological polar surface area (TPSA) is 82.6 Å². The molecule has 0 fully saturated rings. The van der Waals surface area contributed by atoms with E-state index in [-0.39, 0.29) is 11.5 Å². The molecule has 7 heteroatoms. The van der Waals surface area contributed by atoms with E-state index in [1.54, 1.807) is 13.8 Å². The predicted octanol–water partition coefficient (Wildman–Crippen LogP) is 0.734. The van der Waals surface area contributed by atoms with Gasteiger partial charge < -0.3 is 9.47 Å². The highest BCUT2D eigenvalue weighted by atomic mass is 32.2. The summed E-state index contributed by atoms with van der Waals surface area (Å²) in [6, 6.07) is 1.41. The number of aryl methyl sites for hydroxylation is 1. The third kappa shape index (κ3) is 3.99. The van der Waals surface area contributed by atoms with Crippen LogP contribution in [-0.4, -0.2) is 38.8 Å². The maximum atomic E-state index is 11.5. The van der Waals surface area contributed by atoms with Gasteiger partial charge in [-0.05, 0) is 13.8 Å². The van der Waals surface area contributed by atoms with E-state index < -0.39 is 15.9 Å². The van der Waals surface area contributed by atoms with Gasteiger partial charge in [-0.15, -0.1) is 0 Å². The lowest BCUT2D eigenvalue weighted by Gasteiger charge is -2.12. The Hall–Kier alpha value is -1.63. The van der Waals surface area contributed by atoms with E-state index in [1.165, 1.54) is 12.3 Å². The number of carbonyl (C=O) groups is 1. The van der Waals surface area contributed by atoms with Gasteiger partial charge in [0, 0.05) is 12.3 Å². The second-order valence-electron chi connectivity index (χ2n) is 3.88. The molecule has 1 aromatic rings. The number of nitrogens with zero attached hydrogens (tertiary/aromatic N) is 1. The molecule has 0 aliphatic carbocycles. The van der Waals surface area contributed by atoms with Gasteiger partial charge in [0.05, 0.1) is 16.8 Å². The molecule has 1 atom stereocenters. The van der Waals surface area contributed by atoms with Crippen molar-refractivity contribution in [3.8, 4) is 5.75 Å². The monoisotopic (exact) mass is 273 g/mol. The second kappa shape index (κ2) is 5.81. The highest BCUT2D eigenvalue weighted by Gasteiger charge is 2.13. The smallest absolute Gasteiger partial charge is 0.293 e. The molecule has 0 aliphatic rings. The van der Waals surface area contributed by atoms with Crippen LogP contribution in [0.1, 0.15) is 12.6 Å². The summed E-state index contributed by atoms with van der Waals surface area (Å²) in [5.41, 5.74) is 0.419. The van der Waals surface area contributed by atoms with Gasteiger partial charge in [-0.2, -0.15) is 0 Å². The number of carbonyl (C=O) groups excluding carboxylic acids is 1. The van der Waals surface area contributed by atoms with Crippen molar-refractivity contribution in [2.45, 2.75) is 24.8 Å². The van der Waals surface area contributed by atoms with E-state index in [1.807, 2.05) is 0 Å². The Labute approximate surface area is 106 Å². The zero-order valence-electron chi connectivity index (χ0n) is 10.4. The Morgan fingerprint density at radius 3 is 2.72 bits per heavy atom. The van der Waals surface area contributed by atoms with E-state index >= 15 is 0 Å². The third-order valence-electron chi connectivity index (χ3n) is 2.19. The summed E-state index contributed by atoms with van der Waals surface area (Å²) in [6.45, 7) is 3.74. The van der Waals surface area contributed by atoms with Gasteiger partial charge in [0.1, 0.15) is 18.5 Å². The zero-order valence-corrected chi connectivity index (χ0v) is 11.2. The molecule has 0 N–H and O–H groups in total. The van der Waals surface area contributed by atoms with Crippen LogP contribution >= 0.6 is 0 Å². The second-order valence-corrected chi connectivity index (χ2v) is 5.86. The number of pyridine rings is 1. The van der Waals surface area contributed by atoms with Crippen molar-refractivity contribution in [3.05, 3.63) is 18.0 Å². The summed E-state index contributed by atoms with van der Waals surface area (Å²) in [5.74, 6) is 0.322. The number of rotatable bonds is 6. The molecule has 18 heavy (non-hydrogen) atoms. The minimum atomic E-state index is -3.33. The molecule has 1 unspecified atom stereocenters. The fourth-order valence-corrected chi connectivity index (χ4v) is 2.22. The first-order chi connectivity index (χ1) is 8.34. The van der Waals surface area contributed by atoms with Gasteiger partial charge in [0.25, 0.3) is 6.47 Å². The summed E-state index contributed by atoms with van der Waals surface area (Å²) >= 11 is 0. The Balaban J connectivity index is 2.83. The van der Waals surface area contributed by atoms with Crippen molar-refractivity contribution in [2.75, 3.05) is 12.9 Å². The number of hydrogen-bond acceptors (Lipinski definition) is 6. The molecule has 0 amide bonds. The van der Waals surface area contributed by atoms with Gasteiger partial charge in [0.15, 0.2) is 9.84 Å². The van der Waals surface area contributed by atoms with Gasteiger partial charge >= 0.3 is 0 Å². The molecule has 1 heterocycles. The van der Waals surface area contributed by atoms with Crippen molar-refractivity contribution in [1.82, 2.24) is 4.98 Å². The first kappa shape index (κ1) is 14.4. The Kier molecular flexibility index (Phi) is 4.66. The molecule has 0 bridgehead atoms. The molecule has 1 aromatic heterocycles. The quantitative estimate of drug-likeness (QED) is 0.711. The van der Waals surface area contributed by atoms with Crippen LogP contribution in [0.3, 0.4) is 0 Å². The molecule has 0 saturated carbocycles. The fraction of sp³-hybridized carbons (Fsp3) is 0.455. The van der Waals surface area contributed by atoms with E-state index in [0.29, 0.717) is 17.9 Å². The lowest BCUT2D eigenvalue weighted by molar-refractivity contribution is -0.134. The van der Waals surface area contributed by atoms with Crippen LogP contribution in [0.15, 0.2) is 17.2 Å². The normalized spacial score (nSPS) is 12.8. The Bertz CT molecular complexity index is 526. The third-order valence-corrected chi connectivity index (χ3v) is 3.40. The van der Waals surface area contributed by atoms with Crippen molar-refractivity contribution in [1.29, 1.82) is 0 Å². The van der Waals surface area contributed by atoms with Crippen molar-refractivity contribution >= 4 is 16.3 Å². The highest BCUT2D eigenvalue weighted by Crippen LogP contribution is 2.19. The van der Waals surface area contributed by atoms with Crippen LogP contribution in [0.25, 0.3) is 0 Å². The number of sulfone groups is 1. The van der Waals surface area contributed by atoms with Crippen molar-refractivity contribution < 1.29 is 22.7 Å². The van der Waals surface area contributed by atoms with E-state index in [0.717, 1.165) is 6.26 Å². The molecule has 0 aliphatic heterocycles. The van der Waals surface area contributed by atoms with E-state index in [9.17, 15) is 13.2 Å². The summed E-state index contributed by atoms with van der Waals surface area (Å²) in [5, 5.41) is 0. The van der Waals surface area contributed by atoms with Crippen LogP contribution in [0.4, 0.5) is 0 Å². The molecule has 0 aromatic carbocycles. The molecule has 0 radical (unpaired) electrons. The van der Waals surface area contributed by atoms with Crippen molar-refractivity contribution in [3.63, 3.8) is 0 Å². The minimum Gasteiger partial charge on any atom is -0.488 e. The Morgan fingerprint density at radius 1 is 1.50 bits per heavy atom. The molecular weight excluding hydrogens is 258 g/mol. The highest BCUT2D eigenvalue weighted by molar-refractivity contribution is 7.90. The van der Waals surface area contributed by atoms with E-state index in [2.05, 4.69) is 9.72 Å². The summed E-state index contributed by atoms with van der Waals surface area (Å²) in [7, 11) is -3.33. The number of hydrogen-bond donors (Lipinski definition) is 0. The average Bonchev–Trinajstić information content (AvgIpc) is 2.27. The summed E-state index contributed by atoms with van der Waals surface area (Å²) < 4.78 is 32.9. The first-order valence-corrected chi connectivity index (χ1v) is 7.12. The number of ether oxygens (including phenoxy) is 2. The molecular formula is C11H15NO5S. The Morgan fingerprint density at radius 2 is 2.17 bits per heavy atom. The maximum Gasteiger partial charge on any atom is 0.293 e. The summed E-state index contributed by atoms with van der Waals surface area (Å²) in [4.78, 5) is 14.2. The number of aromatic nitrogens is 1. The predicted molar refractivity (Wildman–Crippen MR) is 64.2 cm³/mol. The van der Waals surface area contributed by atoms with Gasteiger partial charge in [0.2, 0.25) is 0 Å². The van der Waals surface area contributed by atoms with Crippen LogP contribution in [-0.2, 0) is 19.4 Å².